The van der Waals surface area contributed by atoms with E-state index in [4.69, 9.17) is 0 Å². The number of pyridine rings is 1. The van der Waals surface area contributed by atoms with Crippen LogP contribution in [0.25, 0.3) is 10.9 Å². The molecule has 1 heterocycles. The minimum atomic E-state index is 1.08. The maximum atomic E-state index is 4.31. The lowest BCUT2D eigenvalue weighted by Crippen LogP contribution is -1.78. The monoisotopic (exact) mass is 189 g/mol. The molecule has 0 aliphatic heterocycles. The third-order valence-electron chi connectivity index (χ3n) is 1.89. The summed E-state index contributed by atoms with van der Waals surface area (Å²) in [6, 6.07) is 10.5. The minimum Gasteiger partial charge on any atom is -0.256 e. The summed E-state index contributed by atoms with van der Waals surface area (Å²) in [5.74, 6) is 1.11. The van der Waals surface area contributed by atoms with Crippen LogP contribution >= 0.6 is 11.8 Å². The van der Waals surface area contributed by atoms with E-state index in [9.17, 15) is 0 Å². The molecule has 0 amide bonds. The highest BCUT2D eigenvalue weighted by atomic mass is 32.2. The highest BCUT2D eigenvalue weighted by Crippen LogP contribution is 2.21. The van der Waals surface area contributed by atoms with Crippen LogP contribution in [0.2, 0.25) is 0 Å². The van der Waals surface area contributed by atoms with Gasteiger partial charge in [0, 0.05) is 16.5 Å². The second kappa shape index (κ2) is 3.79. The van der Waals surface area contributed by atoms with Gasteiger partial charge in [0.05, 0.1) is 5.52 Å². The molecule has 0 bridgehead atoms. The molecule has 1 aromatic heterocycles. The standard InChI is InChI=1S/C11H11NS/c1-2-13-10-6-5-9-4-3-7-12-11(9)8-10/h3-8H,2H2,1H3. The molecule has 2 heteroatoms. The predicted molar refractivity (Wildman–Crippen MR) is 58.1 cm³/mol. The second-order valence-electron chi connectivity index (χ2n) is 2.79. The molecular formula is C11H11NS. The van der Waals surface area contributed by atoms with Crippen molar-refractivity contribution in [2.24, 2.45) is 0 Å². The molecule has 13 heavy (non-hydrogen) atoms. The molecule has 1 nitrogen and oxygen atoms in total. The molecule has 1 aromatic carbocycles. The van der Waals surface area contributed by atoms with Gasteiger partial charge in [0.1, 0.15) is 0 Å². The van der Waals surface area contributed by atoms with Crippen molar-refractivity contribution in [3.8, 4) is 0 Å². The topological polar surface area (TPSA) is 12.9 Å². The first-order chi connectivity index (χ1) is 6.40. The van der Waals surface area contributed by atoms with Crippen molar-refractivity contribution >= 4 is 22.7 Å². The average Bonchev–Trinajstić information content (AvgIpc) is 2.18. The molecule has 2 rings (SSSR count). The van der Waals surface area contributed by atoms with Crippen molar-refractivity contribution in [1.82, 2.24) is 4.98 Å². The molecule has 0 unspecified atom stereocenters. The molecule has 0 radical (unpaired) electrons. The van der Waals surface area contributed by atoms with Gasteiger partial charge in [-0.15, -0.1) is 11.8 Å². The van der Waals surface area contributed by atoms with Gasteiger partial charge in [0.2, 0.25) is 0 Å². The van der Waals surface area contributed by atoms with Gasteiger partial charge in [-0.05, 0) is 24.0 Å². The third-order valence-corrected chi connectivity index (χ3v) is 2.76. The van der Waals surface area contributed by atoms with Gasteiger partial charge in [-0.2, -0.15) is 0 Å². The van der Waals surface area contributed by atoms with Gasteiger partial charge in [0.25, 0.3) is 0 Å². The van der Waals surface area contributed by atoms with E-state index in [2.05, 4.69) is 36.2 Å². The fraction of sp³-hybridized carbons (Fsp3) is 0.182. The molecule has 0 aliphatic rings. The van der Waals surface area contributed by atoms with E-state index >= 15 is 0 Å². The van der Waals surface area contributed by atoms with Crippen molar-refractivity contribution in [1.29, 1.82) is 0 Å². The maximum absolute atomic E-state index is 4.31. The van der Waals surface area contributed by atoms with Crippen molar-refractivity contribution in [3.63, 3.8) is 0 Å². The number of aromatic nitrogens is 1. The quantitative estimate of drug-likeness (QED) is 0.672. The summed E-state index contributed by atoms with van der Waals surface area (Å²) in [6.07, 6.45) is 1.84. The largest absolute Gasteiger partial charge is 0.256 e. The van der Waals surface area contributed by atoms with Crippen molar-refractivity contribution in [2.75, 3.05) is 5.75 Å². The van der Waals surface area contributed by atoms with Crippen LogP contribution in [0.4, 0.5) is 0 Å². The van der Waals surface area contributed by atoms with Crippen LogP contribution in [-0.4, -0.2) is 10.7 Å². The van der Waals surface area contributed by atoms with Crippen LogP contribution in [-0.2, 0) is 0 Å². The first-order valence-electron chi connectivity index (χ1n) is 4.38. The molecule has 0 saturated carbocycles. The van der Waals surface area contributed by atoms with Crippen molar-refractivity contribution in [3.05, 3.63) is 36.5 Å². The molecule has 0 N–H and O–H groups in total. The Morgan fingerprint density at radius 3 is 3.08 bits per heavy atom. The number of hydrogen-bond acceptors (Lipinski definition) is 2. The summed E-state index contributed by atoms with van der Waals surface area (Å²) < 4.78 is 0. The average molecular weight is 189 g/mol. The van der Waals surface area contributed by atoms with Gasteiger partial charge in [0.15, 0.2) is 0 Å². The summed E-state index contributed by atoms with van der Waals surface area (Å²) in [7, 11) is 0. The van der Waals surface area contributed by atoms with Gasteiger partial charge in [-0.1, -0.05) is 19.1 Å². The Kier molecular flexibility index (Phi) is 2.50. The first kappa shape index (κ1) is 8.57. The first-order valence-corrected chi connectivity index (χ1v) is 5.36. The summed E-state index contributed by atoms with van der Waals surface area (Å²) in [4.78, 5) is 5.61. The molecule has 0 fully saturated rings. The van der Waals surface area contributed by atoms with E-state index < -0.39 is 0 Å². The van der Waals surface area contributed by atoms with E-state index in [1.165, 1.54) is 10.3 Å². The van der Waals surface area contributed by atoms with Crippen LogP contribution in [0.15, 0.2) is 41.4 Å². The van der Waals surface area contributed by atoms with Gasteiger partial charge in [-0.3, -0.25) is 4.98 Å². The lowest BCUT2D eigenvalue weighted by molar-refractivity contribution is 1.37. The van der Waals surface area contributed by atoms with Crippen molar-refractivity contribution < 1.29 is 0 Å². The smallest absolute Gasteiger partial charge is 0.0713 e. The Balaban J connectivity index is 2.49. The van der Waals surface area contributed by atoms with Gasteiger partial charge >= 0.3 is 0 Å². The summed E-state index contributed by atoms with van der Waals surface area (Å²) >= 11 is 1.85. The highest BCUT2D eigenvalue weighted by molar-refractivity contribution is 7.99. The van der Waals surface area contributed by atoms with Crippen LogP contribution in [0, 0.1) is 0 Å². The fourth-order valence-corrected chi connectivity index (χ4v) is 2.00. The van der Waals surface area contributed by atoms with Crippen LogP contribution in [0.1, 0.15) is 6.92 Å². The second-order valence-corrected chi connectivity index (χ2v) is 4.13. The Labute approximate surface area is 82.2 Å². The Hall–Kier alpha value is -1.02. The van der Waals surface area contributed by atoms with Crippen molar-refractivity contribution in [2.45, 2.75) is 11.8 Å². The normalized spacial score (nSPS) is 10.5. The Morgan fingerprint density at radius 2 is 2.23 bits per heavy atom. The number of fused-ring (bicyclic) bond motifs is 1. The Bertz CT molecular complexity index is 412. The molecule has 0 spiro atoms. The number of hydrogen-bond donors (Lipinski definition) is 0. The highest BCUT2D eigenvalue weighted by Gasteiger charge is 1.95. The van der Waals surface area contributed by atoms with Gasteiger partial charge < -0.3 is 0 Å². The van der Waals surface area contributed by atoms with Crippen LogP contribution in [0.5, 0.6) is 0 Å². The SMILES string of the molecule is CCSc1ccc2cccnc2c1. The van der Waals surface area contributed by atoms with E-state index in [0.29, 0.717) is 0 Å². The van der Waals surface area contributed by atoms with E-state index in [-0.39, 0.29) is 0 Å². The summed E-state index contributed by atoms with van der Waals surface area (Å²) in [6.45, 7) is 2.16. The zero-order valence-electron chi connectivity index (χ0n) is 7.53. The molecular weight excluding hydrogens is 178 g/mol. The molecule has 0 aliphatic carbocycles. The molecule has 0 saturated heterocycles. The molecule has 0 atom stereocenters. The molecule has 2 aromatic rings. The van der Waals surface area contributed by atoms with E-state index in [1.54, 1.807) is 0 Å². The van der Waals surface area contributed by atoms with E-state index in [0.717, 1.165) is 11.3 Å². The minimum absolute atomic E-state index is 1.08. The maximum Gasteiger partial charge on any atom is 0.0713 e. The number of benzene rings is 1. The zero-order valence-corrected chi connectivity index (χ0v) is 8.34. The number of thioether (sulfide) groups is 1. The predicted octanol–water partition coefficient (Wildman–Crippen LogP) is 3.35. The zero-order chi connectivity index (χ0) is 9.10. The molecule has 66 valence electrons. The van der Waals surface area contributed by atoms with Crippen LogP contribution in [0.3, 0.4) is 0 Å². The van der Waals surface area contributed by atoms with E-state index in [1.807, 2.05) is 24.0 Å². The lowest BCUT2D eigenvalue weighted by atomic mass is 10.2. The number of nitrogens with zero attached hydrogens (tertiary/aromatic N) is 1. The fourth-order valence-electron chi connectivity index (χ4n) is 1.30. The van der Waals surface area contributed by atoms with Gasteiger partial charge in [-0.25, -0.2) is 0 Å². The Morgan fingerprint density at radius 1 is 1.31 bits per heavy atom. The van der Waals surface area contributed by atoms with Crippen LogP contribution < -0.4 is 0 Å². The third kappa shape index (κ3) is 1.83. The summed E-state index contributed by atoms with van der Waals surface area (Å²) in [5, 5.41) is 1.21. The number of rotatable bonds is 2. The lowest BCUT2D eigenvalue weighted by Gasteiger charge is -2.00. The summed E-state index contributed by atoms with van der Waals surface area (Å²) in [5.41, 5.74) is 1.08.